The van der Waals surface area contributed by atoms with E-state index in [1.54, 1.807) is 7.11 Å². The zero-order chi connectivity index (χ0) is 23.5. The maximum atomic E-state index is 12.9. The van der Waals surface area contributed by atoms with Gasteiger partial charge in [0.1, 0.15) is 22.7 Å². The number of rotatable bonds is 7. The van der Waals surface area contributed by atoms with E-state index in [1.165, 1.54) is 0 Å². The molecule has 7 heteroatoms. The van der Waals surface area contributed by atoms with Crippen molar-refractivity contribution in [2.75, 3.05) is 56.7 Å². The molecule has 7 nitrogen and oxygen atoms in total. The number of nitrogens with zero attached hydrogens (tertiary/aromatic N) is 2. The van der Waals surface area contributed by atoms with Crippen LogP contribution in [-0.4, -0.2) is 57.2 Å². The zero-order valence-corrected chi connectivity index (χ0v) is 19.5. The lowest BCUT2D eigenvalue weighted by Gasteiger charge is -2.36. The second kappa shape index (κ2) is 9.65. The van der Waals surface area contributed by atoms with E-state index >= 15 is 0 Å². The van der Waals surface area contributed by atoms with Crippen molar-refractivity contribution in [3.05, 3.63) is 60.7 Å². The number of hydrogen-bond acceptors (Lipinski definition) is 6. The molecule has 1 fully saturated rings. The van der Waals surface area contributed by atoms with Gasteiger partial charge >= 0.3 is 0 Å². The standard InChI is InChI=1S/C27H29N3O4/c1-3-33-24-11-7-5-9-22(24)30-14-12-29(13-15-30)18-27(31)28-21-17-25-20(16-26(21)32-2)19-8-4-6-10-23(19)34-25/h4-11,16-17H,3,12-15,18H2,1-2H3,(H,28,31). The van der Waals surface area contributed by atoms with Gasteiger partial charge in [0.05, 0.1) is 31.6 Å². The normalized spacial score (nSPS) is 14.5. The third-order valence-corrected chi connectivity index (χ3v) is 6.22. The van der Waals surface area contributed by atoms with Crippen molar-refractivity contribution in [1.29, 1.82) is 0 Å². The highest BCUT2D eigenvalue weighted by atomic mass is 16.5. The summed E-state index contributed by atoms with van der Waals surface area (Å²) in [5.41, 5.74) is 3.26. The Balaban J connectivity index is 1.24. The van der Waals surface area contributed by atoms with Gasteiger partial charge in [-0.3, -0.25) is 9.69 Å². The Hall–Kier alpha value is -3.71. The topological polar surface area (TPSA) is 67.2 Å². The van der Waals surface area contributed by atoms with Crippen LogP contribution in [0.15, 0.2) is 65.1 Å². The molecular formula is C27H29N3O4. The largest absolute Gasteiger partial charge is 0.495 e. The maximum Gasteiger partial charge on any atom is 0.238 e. The third kappa shape index (κ3) is 4.39. The number of anilines is 2. The monoisotopic (exact) mass is 459 g/mol. The van der Waals surface area contributed by atoms with Crippen molar-refractivity contribution in [3.8, 4) is 11.5 Å². The van der Waals surface area contributed by atoms with Crippen LogP contribution < -0.4 is 19.7 Å². The molecule has 1 amide bonds. The summed E-state index contributed by atoms with van der Waals surface area (Å²) in [4.78, 5) is 17.4. The number of fused-ring (bicyclic) bond motifs is 3. The fourth-order valence-electron chi connectivity index (χ4n) is 4.55. The molecule has 2 heterocycles. The highest BCUT2D eigenvalue weighted by Gasteiger charge is 2.22. The van der Waals surface area contributed by atoms with E-state index < -0.39 is 0 Å². The van der Waals surface area contributed by atoms with Crippen LogP contribution in [0.1, 0.15) is 6.92 Å². The number of piperazine rings is 1. The first-order valence-corrected chi connectivity index (χ1v) is 11.6. The number of hydrogen-bond donors (Lipinski definition) is 1. The van der Waals surface area contributed by atoms with Crippen LogP contribution in [0.5, 0.6) is 11.5 Å². The van der Waals surface area contributed by atoms with Gasteiger partial charge in [0.15, 0.2) is 0 Å². The molecule has 3 aromatic carbocycles. The van der Waals surface area contributed by atoms with Gasteiger partial charge < -0.3 is 24.1 Å². The molecule has 1 aromatic heterocycles. The van der Waals surface area contributed by atoms with Gasteiger partial charge in [0.25, 0.3) is 0 Å². The van der Waals surface area contributed by atoms with E-state index in [0.717, 1.165) is 59.6 Å². The Morgan fingerprint density at radius 1 is 0.941 bits per heavy atom. The molecule has 0 saturated carbocycles. The summed E-state index contributed by atoms with van der Waals surface area (Å²) in [6.07, 6.45) is 0. The minimum absolute atomic E-state index is 0.0723. The van der Waals surface area contributed by atoms with Gasteiger partial charge in [-0.05, 0) is 31.2 Å². The summed E-state index contributed by atoms with van der Waals surface area (Å²) in [6, 6.07) is 19.8. The first-order valence-electron chi connectivity index (χ1n) is 11.6. The molecular weight excluding hydrogens is 430 g/mol. The number of nitrogens with one attached hydrogen (secondary N) is 1. The van der Waals surface area contributed by atoms with E-state index in [1.807, 2.05) is 61.5 Å². The van der Waals surface area contributed by atoms with Crippen molar-refractivity contribution in [2.24, 2.45) is 0 Å². The zero-order valence-electron chi connectivity index (χ0n) is 19.5. The van der Waals surface area contributed by atoms with Crippen molar-refractivity contribution < 1.29 is 18.7 Å². The van der Waals surface area contributed by atoms with Crippen LogP contribution in [-0.2, 0) is 4.79 Å². The van der Waals surface area contributed by atoms with E-state index in [9.17, 15) is 4.79 Å². The van der Waals surface area contributed by atoms with Crippen LogP contribution in [0, 0.1) is 0 Å². The molecule has 4 aromatic rings. The highest BCUT2D eigenvalue weighted by Crippen LogP contribution is 2.36. The number of methoxy groups -OCH3 is 1. The van der Waals surface area contributed by atoms with Gasteiger partial charge in [0.2, 0.25) is 5.91 Å². The van der Waals surface area contributed by atoms with E-state index in [-0.39, 0.29) is 5.91 Å². The smallest absolute Gasteiger partial charge is 0.238 e. The summed E-state index contributed by atoms with van der Waals surface area (Å²) in [6.45, 7) is 6.23. The molecule has 0 unspecified atom stereocenters. The predicted octanol–water partition coefficient (Wildman–Crippen LogP) is 4.75. The van der Waals surface area contributed by atoms with Gasteiger partial charge in [-0.15, -0.1) is 0 Å². The second-order valence-corrected chi connectivity index (χ2v) is 8.36. The number of amides is 1. The van der Waals surface area contributed by atoms with Crippen molar-refractivity contribution >= 4 is 39.2 Å². The lowest BCUT2D eigenvalue weighted by Crippen LogP contribution is -2.48. The molecule has 176 valence electrons. The fraction of sp³-hybridized carbons (Fsp3) is 0.296. The van der Waals surface area contributed by atoms with Crippen molar-refractivity contribution in [3.63, 3.8) is 0 Å². The van der Waals surface area contributed by atoms with Gasteiger partial charge in [0, 0.05) is 43.0 Å². The number of carbonyl (C=O) groups excluding carboxylic acids is 1. The minimum Gasteiger partial charge on any atom is -0.495 e. The van der Waals surface area contributed by atoms with E-state index in [2.05, 4.69) is 21.2 Å². The molecule has 0 bridgehead atoms. The first-order chi connectivity index (χ1) is 16.7. The van der Waals surface area contributed by atoms with Crippen LogP contribution >= 0.6 is 0 Å². The lowest BCUT2D eigenvalue weighted by atomic mass is 10.1. The first kappa shape index (κ1) is 22.1. The summed E-state index contributed by atoms with van der Waals surface area (Å²) >= 11 is 0. The summed E-state index contributed by atoms with van der Waals surface area (Å²) in [7, 11) is 1.61. The Labute approximate surface area is 198 Å². The van der Waals surface area contributed by atoms with Crippen LogP contribution in [0.25, 0.3) is 21.9 Å². The molecule has 0 atom stereocenters. The summed E-state index contributed by atoms with van der Waals surface area (Å²) in [5, 5.41) is 5.01. The fourth-order valence-corrected chi connectivity index (χ4v) is 4.55. The molecule has 1 saturated heterocycles. The molecule has 1 aliphatic rings. The molecule has 1 N–H and O–H groups in total. The maximum absolute atomic E-state index is 12.9. The Kier molecular flexibility index (Phi) is 6.27. The number of benzene rings is 3. The quantitative estimate of drug-likeness (QED) is 0.430. The average molecular weight is 460 g/mol. The van der Waals surface area contributed by atoms with Crippen LogP contribution in [0.4, 0.5) is 11.4 Å². The molecule has 5 rings (SSSR count). The predicted molar refractivity (Wildman–Crippen MR) is 135 cm³/mol. The Morgan fingerprint density at radius 3 is 2.50 bits per heavy atom. The highest BCUT2D eigenvalue weighted by molar-refractivity contribution is 6.07. The number of ether oxygens (including phenoxy) is 2. The van der Waals surface area contributed by atoms with Gasteiger partial charge in [-0.1, -0.05) is 30.3 Å². The summed E-state index contributed by atoms with van der Waals surface area (Å²) in [5.74, 6) is 1.45. The van der Waals surface area contributed by atoms with Crippen LogP contribution in [0.2, 0.25) is 0 Å². The second-order valence-electron chi connectivity index (χ2n) is 8.36. The van der Waals surface area contributed by atoms with E-state index in [0.29, 0.717) is 24.6 Å². The molecule has 0 radical (unpaired) electrons. The Morgan fingerprint density at radius 2 is 1.71 bits per heavy atom. The number of para-hydroxylation sites is 3. The van der Waals surface area contributed by atoms with Crippen molar-refractivity contribution in [1.82, 2.24) is 4.90 Å². The average Bonchev–Trinajstić information content (AvgIpc) is 3.22. The summed E-state index contributed by atoms with van der Waals surface area (Å²) < 4.78 is 17.3. The molecule has 34 heavy (non-hydrogen) atoms. The SMILES string of the molecule is CCOc1ccccc1N1CCN(CC(=O)Nc2cc3oc4ccccc4c3cc2OC)CC1. The number of carbonyl (C=O) groups is 1. The third-order valence-electron chi connectivity index (χ3n) is 6.22. The lowest BCUT2D eigenvalue weighted by molar-refractivity contribution is -0.117. The Bertz CT molecular complexity index is 1310. The van der Waals surface area contributed by atoms with E-state index in [4.69, 9.17) is 13.9 Å². The van der Waals surface area contributed by atoms with Crippen LogP contribution in [0.3, 0.4) is 0 Å². The molecule has 1 aliphatic heterocycles. The van der Waals surface area contributed by atoms with Gasteiger partial charge in [-0.2, -0.15) is 0 Å². The number of furan rings is 1. The van der Waals surface area contributed by atoms with Crippen molar-refractivity contribution in [2.45, 2.75) is 6.92 Å². The minimum atomic E-state index is -0.0723. The van der Waals surface area contributed by atoms with Gasteiger partial charge in [-0.25, -0.2) is 0 Å². The molecule has 0 spiro atoms. The molecule has 0 aliphatic carbocycles.